The molecule has 0 aromatic heterocycles. The molecule has 20 heavy (non-hydrogen) atoms. The minimum absolute atomic E-state index is 0.144. The van der Waals surface area contributed by atoms with Crippen molar-refractivity contribution in [3.8, 4) is 0 Å². The molecule has 2 aliphatic carbocycles. The molecule has 2 N–H and O–H groups in total. The molecule has 2 bridgehead atoms. The van der Waals surface area contributed by atoms with Gasteiger partial charge in [-0.3, -0.25) is 0 Å². The van der Waals surface area contributed by atoms with Gasteiger partial charge in [0.2, 0.25) is 0 Å². The highest BCUT2D eigenvalue weighted by molar-refractivity contribution is 6.02. The molecule has 106 valence electrons. The second-order valence-electron chi connectivity index (χ2n) is 5.33. The van der Waals surface area contributed by atoms with E-state index in [4.69, 9.17) is 10.2 Å². The van der Waals surface area contributed by atoms with Crippen LogP contribution < -0.4 is 0 Å². The zero-order chi connectivity index (χ0) is 14.7. The standard InChI is InChI=1S/C9H8O4.C7H10/c1-5-3-2-4-6(8(10)11)7(5)9(12)13;1-2-7-4-3-6(1)5-7/h2-4H,1H3,(H,10,11)(H,12,13);1-2,6-7H,3-5H2. The highest BCUT2D eigenvalue weighted by Crippen LogP contribution is 2.38. The Balaban J connectivity index is 0.000000173. The molecule has 1 aromatic carbocycles. The second-order valence-corrected chi connectivity index (χ2v) is 5.33. The number of hydrogen-bond acceptors (Lipinski definition) is 2. The molecule has 0 aliphatic heterocycles. The van der Waals surface area contributed by atoms with Crippen LogP contribution in [0.1, 0.15) is 45.5 Å². The van der Waals surface area contributed by atoms with Crippen molar-refractivity contribution >= 4 is 11.9 Å². The lowest BCUT2D eigenvalue weighted by Crippen LogP contribution is -2.09. The Morgan fingerprint density at radius 2 is 1.65 bits per heavy atom. The monoisotopic (exact) mass is 274 g/mol. The number of hydrogen-bond donors (Lipinski definition) is 2. The molecule has 4 heteroatoms. The summed E-state index contributed by atoms with van der Waals surface area (Å²) in [5, 5.41) is 17.4. The molecular formula is C16H18O4. The van der Waals surface area contributed by atoms with Crippen molar-refractivity contribution in [2.24, 2.45) is 11.8 Å². The van der Waals surface area contributed by atoms with Gasteiger partial charge in [0, 0.05) is 0 Å². The van der Waals surface area contributed by atoms with Gasteiger partial charge < -0.3 is 10.2 Å². The zero-order valence-electron chi connectivity index (χ0n) is 11.4. The molecule has 2 aliphatic rings. The topological polar surface area (TPSA) is 74.6 Å². The summed E-state index contributed by atoms with van der Waals surface area (Å²) in [6, 6.07) is 4.36. The lowest BCUT2D eigenvalue weighted by molar-refractivity contribution is 0.0651. The summed E-state index contributed by atoms with van der Waals surface area (Å²) in [4.78, 5) is 21.3. The molecule has 0 heterocycles. The number of benzene rings is 1. The quantitative estimate of drug-likeness (QED) is 0.811. The maximum atomic E-state index is 10.7. The highest BCUT2D eigenvalue weighted by Gasteiger charge is 2.25. The Morgan fingerprint density at radius 3 is 1.95 bits per heavy atom. The van der Waals surface area contributed by atoms with Gasteiger partial charge in [-0.2, -0.15) is 0 Å². The smallest absolute Gasteiger partial charge is 0.336 e. The van der Waals surface area contributed by atoms with Crippen molar-refractivity contribution in [1.82, 2.24) is 0 Å². The normalized spacial score (nSPS) is 22.2. The molecule has 1 fully saturated rings. The van der Waals surface area contributed by atoms with E-state index >= 15 is 0 Å². The first kappa shape index (κ1) is 14.3. The van der Waals surface area contributed by atoms with Gasteiger partial charge >= 0.3 is 11.9 Å². The van der Waals surface area contributed by atoms with Crippen LogP contribution in [0.15, 0.2) is 30.4 Å². The number of aryl methyl sites for hydroxylation is 1. The zero-order valence-corrected chi connectivity index (χ0v) is 11.4. The van der Waals surface area contributed by atoms with Crippen LogP contribution in [-0.4, -0.2) is 22.2 Å². The number of carbonyl (C=O) groups is 2. The average molecular weight is 274 g/mol. The van der Waals surface area contributed by atoms with Crippen LogP contribution >= 0.6 is 0 Å². The number of aromatic carboxylic acids is 2. The molecule has 2 unspecified atom stereocenters. The summed E-state index contributed by atoms with van der Waals surface area (Å²) in [6.07, 6.45) is 9.19. The van der Waals surface area contributed by atoms with E-state index in [-0.39, 0.29) is 11.1 Å². The molecule has 4 nitrogen and oxygen atoms in total. The highest BCUT2D eigenvalue weighted by atomic mass is 16.4. The van der Waals surface area contributed by atoms with Gasteiger partial charge in [0.1, 0.15) is 0 Å². The van der Waals surface area contributed by atoms with Crippen LogP contribution in [0.25, 0.3) is 0 Å². The first-order chi connectivity index (χ1) is 9.49. The number of carboxylic acid groups (broad SMARTS) is 2. The third-order valence-corrected chi connectivity index (χ3v) is 3.89. The molecule has 2 atom stereocenters. The number of rotatable bonds is 2. The second kappa shape index (κ2) is 5.90. The van der Waals surface area contributed by atoms with Gasteiger partial charge in [-0.25, -0.2) is 9.59 Å². The van der Waals surface area contributed by atoms with Crippen LogP contribution in [-0.2, 0) is 0 Å². The Morgan fingerprint density at radius 1 is 1.05 bits per heavy atom. The van der Waals surface area contributed by atoms with Gasteiger partial charge in [-0.15, -0.1) is 0 Å². The maximum absolute atomic E-state index is 10.7. The van der Waals surface area contributed by atoms with Gasteiger partial charge in [-0.1, -0.05) is 24.3 Å². The van der Waals surface area contributed by atoms with Crippen molar-refractivity contribution in [2.45, 2.75) is 26.2 Å². The van der Waals surface area contributed by atoms with E-state index in [2.05, 4.69) is 12.2 Å². The molecule has 0 spiro atoms. The van der Waals surface area contributed by atoms with Gasteiger partial charge in [0.25, 0.3) is 0 Å². The fourth-order valence-corrected chi connectivity index (χ4v) is 2.85. The lowest BCUT2D eigenvalue weighted by Gasteiger charge is -2.03. The van der Waals surface area contributed by atoms with E-state index in [1.807, 2.05) is 0 Å². The van der Waals surface area contributed by atoms with Crippen LogP contribution in [0.4, 0.5) is 0 Å². The lowest BCUT2D eigenvalue weighted by atomic mass is 10.0. The van der Waals surface area contributed by atoms with E-state index in [0.717, 1.165) is 11.8 Å². The predicted octanol–water partition coefficient (Wildman–Crippen LogP) is 3.36. The molecular weight excluding hydrogens is 256 g/mol. The fourth-order valence-electron chi connectivity index (χ4n) is 2.85. The summed E-state index contributed by atoms with van der Waals surface area (Å²) in [5.41, 5.74) is 0.134. The minimum Gasteiger partial charge on any atom is -0.478 e. The first-order valence-corrected chi connectivity index (χ1v) is 6.73. The summed E-state index contributed by atoms with van der Waals surface area (Å²) in [7, 11) is 0. The summed E-state index contributed by atoms with van der Waals surface area (Å²) in [6.45, 7) is 1.57. The van der Waals surface area contributed by atoms with E-state index in [1.54, 1.807) is 13.0 Å². The third kappa shape index (κ3) is 3.07. The van der Waals surface area contributed by atoms with E-state index in [9.17, 15) is 9.59 Å². The van der Waals surface area contributed by atoms with Crippen LogP contribution in [0.5, 0.6) is 0 Å². The first-order valence-electron chi connectivity index (χ1n) is 6.73. The van der Waals surface area contributed by atoms with Gasteiger partial charge in [0.15, 0.2) is 0 Å². The number of fused-ring (bicyclic) bond motifs is 2. The van der Waals surface area contributed by atoms with Crippen LogP contribution in [0, 0.1) is 18.8 Å². The average Bonchev–Trinajstić information content (AvgIpc) is 3.03. The Bertz CT molecular complexity index is 548. The largest absolute Gasteiger partial charge is 0.478 e. The van der Waals surface area contributed by atoms with Crippen molar-refractivity contribution in [3.63, 3.8) is 0 Å². The number of carboxylic acids is 2. The third-order valence-electron chi connectivity index (χ3n) is 3.89. The molecule has 0 saturated heterocycles. The number of allylic oxidation sites excluding steroid dienone is 2. The molecule has 0 radical (unpaired) electrons. The summed E-state index contributed by atoms with van der Waals surface area (Å²) in [5.74, 6) is -0.452. The predicted molar refractivity (Wildman–Crippen MR) is 75.1 cm³/mol. The van der Waals surface area contributed by atoms with Crippen molar-refractivity contribution in [3.05, 3.63) is 47.0 Å². The van der Waals surface area contributed by atoms with Crippen molar-refractivity contribution in [1.29, 1.82) is 0 Å². The maximum Gasteiger partial charge on any atom is 0.336 e. The summed E-state index contributed by atoms with van der Waals surface area (Å²) < 4.78 is 0. The SMILES string of the molecule is C1=CC2CCC1C2.Cc1cccc(C(=O)O)c1C(=O)O. The summed E-state index contributed by atoms with van der Waals surface area (Å²) >= 11 is 0. The Labute approximate surface area is 117 Å². The fraction of sp³-hybridized carbons (Fsp3) is 0.375. The Hall–Kier alpha value is -2.10. The Kier molecular flexibility index (Phi) is 4.23. The van der Waals surface area contributed by atoms with Gasteiger partial charge in [-0.05, 0) is 49.7 Å². The van der Waals surface area contributed by atoms with Gasteiger partial charge in [0.05, 0.1) is 11.1 Å². The molecule has 1 aromatic rings. The molecule has 3 rings (SSSR count). The minimum atomic E-state index is -1.22. The van der Waals surface area contributed by atoms with Crippen LogP contribution in [0.2, 0.25) is 0 Å². The van der Waals surface area contributed by atoms with E-state index in [0.29, 0.717) is 5.56 Å². The van der Waals surface area contributed by atoms with Crippen LogP contribution in [0.3, 0.4) is 0 Å². The van der Waals surface area contributed by atoms with E-state index in [1.165, 1.54) is 31.4 Å². The van der Waals surface area contributed by atoms with E-state index < -0.39 is 11.9 Å². The van der Waals surface area contributed by atoms with Crippen molar-refractivity contribution in [2.75, 3.05) is 0 Å². The molecule has 0 amide bonds. The van der Waals surface area contributed by atoms with Crippen molar-refractivity contribution < 1.29 is 19.8 Å². The molecule has 1 saturated carbocycles.